The third-order valence-corrected chi connectivity index (χ3v) is 7.41. The van der Waals surface area contributed by atoms with Crippen LogP contribution in [0.25, 0.3) is 0 Å². The van der Waals surface area contributed by atoms with Crippen LogP contribution < -0.4 is 5.48 Å². The topological polar surface area (TPSA) is 86.7 Å². The number of carbonyl (C=O) groups is 1. The summed E-state index contributed by atoms with van der Waals surface area (Å²) in [5, 5.41) is 9.43. The maximum Gasteiger partial charge on any atom is 0.254 e. The number of hydrogen-bond acceptors (Lipinski definition) is 5. The fourth-order valence-corrected chi connectivity index (χ4v) is 5.45. The molecule has 0 bridgehead atoms. The van der Waals surface area contributed by atoms with E-state index in [0.29, 0.717) is 38.0 Å². The molecule has 7 heteroatoms. The van der Waals surface area contributed by atoms with Gasteiger partial charge in [-0.25, -0.2) is 13.9 Å². The molecule has 0 saturated carbocycles. The summed E-state index contributed by atoms with van der Waals surface area (Å²) in [5.74, 6) is 1.98. The van der Waals surface area contributed by atoms with Crippen molar-refractivity contribution in [3.05, 3.63) is 59.7 Å². The molecule has 0 spiro atoms. The molecule has 0 unspecified atom stereocenters. The Labute approximate surface area is 171 Å². The van der Waals surface area contributed by atoms with Crippen molar-refractivity contribution in [2.45, 2.75) is 35.0 Å². The molecule has 3 rings (SSSR count). The molecule has 29 heavy (non-hydrogen) atoms. The Kier molecular flexibility index (Phi) is 6.08. The van der Waals surface area contributed by atoms with Crippen LogP contribution in [0.15, 0.2) is 58.3 Å². The minimum absolute atomic E-state index is 0.0813. The molecule has 0 aromatic heterocycles. The Morgan fingerprint density at radius 1 is 1.17 bits per heavy atom. The van der Waals surface area contributed by atoms with Crippen molar-refractivity contribution >= 4 is 15.7 Å². The third kappa shape index (κ3) is 3.92. The zero-order chi connectivity index (χ0) is 21.1. The van der Waals surface area contributed by atoms with E-state index in [-0.39, 0.29) is 9.79 Å². The summed E-state index contributed by atoms with van der Waals surface area (Å²) >= 11 is 0. The van der Waals surface area contributed by atoms with E-state index in [2.05, 4.69) is 5.92 Å². The first kappa shape index (κ1) is 21.1. The lowest BCUT2D eigenvalue weighted by atomic mass is 9.72. The highest BCUT2D eigenvalue weighted by atomic mass is 32.2. The van der Waals surface area contributed by atoms with Crippen molar-refractivity contribution in [1.82, 2.24) is 10.4 Å². The van der Waals surface area contributed by atoms with Crippen LogP contribution in [-0.4, -0.2) is 44.1 Å². The minimum Gasteiger partial charge on any atom is -0.292 e. The van der Waals surface area contributed by atoms with Gasteiger partial charge >= 0.3 is 0 Å². The summed E-state index contributed by atoms with van der Waals surface area (Å²) in [4.78, 5) is 15.1. The van der Waals surface area contributed by atoms with Crippen molar-refractivity contribution in [2.24, 2.45) is 0 Å². The first-order valence-corrected chi connectivity index (χ1v) is 10.8. The number of aryl methyl sites for hydroxylation is 1. The van der Waals surface area contributed by atoms with Gasteiger partial charge in [-0.3, -0.25) is 14.9 Å². The predicted molar refractivity (Wildman–Crippen MR) is 109 cm³/mol. The second kappa shape index (κ2) is 8.37. The van der Waals surface area contributed by atoms with Crippen molar-refractivity contribution in [2.75, 3.05) is 19.6 Å². The van der Waals surface area contributed by atoms with Crippen molar-refractivity contribution in [3.8, 4) is 12.3 Å². The van der Waals surface area contributed by atoms with Gasteiger partial charge in [0.25, 0.3) is 5.91 Å². The second-order valence-corrected chi connectivity index (χ2v) is 9.23. The molecule has 0 radical (unpaired) electrons. The Bertz CT molecular complexity index is 1030. The standard InChI is InChI=1S/C22H24N2O4S/c1-3-14-24-15-12-22(13-16-24,21(25)23-26)19-6-4-5-7-20(19)29(27,28)18-10-8-17(2)9-11-18/h1,4-11,26H,12-16H2,2H3,(H,23,25). The molecule has 0 atom stereocenters. The monoisotopic (exact) mass is 412 g/mol. The number of carbonyl (C=O) groups excluding carboxylic acids is 1. The van der Waals surface area contributed by atoms with Crippen molar-refractivity contribution in [1.29, 1.82) is 0 Å². The average molecular weight is 413 g/mol. The van der Waals surface area contributed by atoms with Gasteiger partial charge in [0.2, 0.25) is 9.84 Å². The molecule has 6 nitrogen and oxygen atoms in total. The van der Waals surface area contributed by atoms with Gasteiger partial charge in [0.15, 0.2) is 0 Å². The predicted octanol–water partition coefficient (Wildman–Crippen LogP) is 2.30. The number of rotatable bonds is 5. The van der Waals surface area contributed by atoms with Gasteiger partial charge in [-0.05, 0) is 43.5 Å². The number of nitrogens with one attached hydrogen (secondary N) is 1. The number of sulfone groups is 1. The number of terminal acetylenes is 1. The third-order valence-electron chi connectivity index (χ3n) is 5.58. The molecule has 1 heterocycles. The molecule has 152 valence electrons. The Balaban J connectivity index is 2.11. The van der Waals surface area contributed by atoms with Gasteiger partial charge in [-0.15, -0.1) is 6.42 Å². The van der Waals surface area contributed by atoms with Gasteiger partial charge in [0.05, 0.1) is 21.8 Å². The summed E-state index contributed by atoms with van der Waals surface area (Å²) in [6.45, 7) is 3.39. The summed E-state index contributed by atoms with van der Waals surface area (Å²) in [7, 11) is -3.85. The Morgan fingerprint density at radius 2 is 1.79 bits per heavy atom. The minimum atomic E-state index is -3.85. The van der Waals surface area contributed by atoms with Crippen LogP contribution in [0.1, 0.15) is 24.0 Å². The fourth-order valence-electron chi connectivity index (χ4n) is 3.89. The summed E-state index contributed by atoms with van der Waals surface area (Å²) < 4.78 is 26.8. The van der Waals surface area contributed by atoms with Crippen LogP contribution in [-0.2, 0) is 20.0 Å². The zero-order valence-corrected chi connectivity index (χ0v) is 17.1. The highest BCUT2D eigenvalue weighted by Gasteiger charge is 2.45. The number of benzene rings is 2. The first-order valence-electron chi connectivity index (χ1n) is 9.37. The van der Waals surface area contributed by atoms with E-state index in [4.69, 9.17) is 6.42 Å². The van der Waals surface area contributed by atoms with Gasteiger partial charge < -0.3 is 0 Å². The van der Waals surface area contributed by atoms with Crippen LogP contribution in [0.4, 0.5) is 0 Å². The number of amides is 1. The lowest BCUT2D eigenvalue weighted by Crippen LogP contribution is -2.51. The zero-order valence-electron chi connectivity index (χ0n) is 16.3. The van der Waals surface area contributed by atoms with E-state index in [0.717, 1.165) is 5.56 Å². The molecular formula is C22H24N2O4S. The van der Waals surface area contributed by atoms with Gasteiger partial charge in [0.1, 0.15) is 0 Å². The lowest BCUT2D eigenvalue weighted by Gasteiger charge is -2.40. The smallest absolute Gasteiger partial charge is 0.254 e. The molecule has 2 aromatic rings. The molecule has 0 aliphatic carbocycles. The number of hydrogen-bond donors (Lipinski definition) is 2. The van der Waals surface area contributed by atoms with Gasteiger partial charge in [-0.1, -0.05) is 41.8 Å². The lowest BCUT2D eigenvalue weighted by molar-refractivity contribution is -0.137. The summed E-state index contributed by atoms with van der Waals surface area (Å²) in [6, 6.07) is 13.1. The Morgan fingerprint density at radius 3 is 2.38 bits per heavy atom. The van der Waals surface area contributed by atoms with Crippen LogP contribution in [0.3, 0.4) is 0 Å². The molecule has 2 N–H and O–H groups in total. The molecule has 1 fully saturated rings. The normalized spacial score (nSPS) is 16.7. The highest BCUT2D eigenvalue weighted by Crippen LogP contribution is 2.40. The van der Waals surface area contributed by atoms with Gasteiger partial charge in [-0.2, -0.15) is 0 Å². The fraction of sp³-hybridized carbons (Fsp3) is 0.318. The van der Waals surface area contributed by atoms with E-state index in [1.807, 2.05) is 11.8 Å². The molecule has 1 amide bonds. The van der Waals surface area contributed by atoms with E-state index in [1.54, 1.807) is 47.9 Å². The maximum atomic E-state index is 13.4. The number of likely N-dealkylation sites (tertiary alicyclic amines) is 1. The van der Waals surface area contributed by atoms with E-state index in [1.165, 1.54) is 6.07 Å². The van der Waals surface area contributed by atoms with Crippen molar-refractivity contribution < 1.29 is 18.4 Å². The van der Waals surface area contributed by atoms with E-state index < -0.39 is 21.2 Å². The Hall–Kier alpha value is -2.66. The molecular weight excluding hydrogens is 388 g/mol. The van der Waals surface area contributed by atoms with E-state index in [9.17, 15) is 18.4 Å². The van der Waals surface area contributed by atoms with E-state index >= 15 is 0 Å². The number of hydroxylamine groups is 1. The number of nitrogens with zero attached hydrogens (tertiary/aromatic N) is 1. The van der Waals surface area contributed by atoms with Crippen molar-refractivity contribution in [3.63, 3.8) is 0 Å². The quantitative estimate of drug-likeness (QED) is 0.447. The average Bonchev–Trinajstić information content (AvgIpc) is 2.74. The molecule has 2 aromatic carbocycles. The van der Waals surface area contributed by atoms with Crippen LogP contribution in [0.5, 0.6) is 0 Å². The largest absolute Gasteiger partial charge is 0.292 e. The second-order valence-electron chi connectivity index (χ2n) is 7.32. The number of piperidine rings is 1. The summed E-state index contributed by atoms with van der Waals surface area (Å²) in [6.07, 6.45) is 6.09. The SMILES string of the molecule is C#CCN1CCC(C(=O)NO)(c2ccccc2S(=O)(=O)c2ccc(C)cc2)CC1. The van der Waals surface area contributed by atoms with Crippen LogP contribution in [0.2, 0.25) is 0 Å². The van der Waals surface area contributed by atoms with Gasteiger partial charge in [0, 0.05) is 13.1 Å². The molecule has 1 saturated heterocycles. The maximum absolute atomic E-state index is 13.4. The molecule has 1 aliphatic heterocycles. The molecule has 1 aliphatic rings. The first-order chi connectivity index (χ1) is 13.8. The highest BCUT2D eigenvalue weighted by molar-refractivity contribution is 7.91. The summed E-state index contributed by atoms with van der Waals surface area (Å²) in [5.41, 5.74) is 1.94. The van der Waals surface area contributed by atoms with Crippen LogP contribution in [0, 0.1) is 19.3 Å². The van der Waals surface area contributed by atoms with Crippen LogP contribution >= 0.6 is 0 Å².